The van der Waals surface area contributed by atoms with Crippen molar-refractivity contribution in [3.8, 4) is 0 Å². The molecule has 0 radical (unpaired) electrons. The monoisotopic (exact) mass is 618 g/mol. The van der Waals surface area contributed by atoms with Gasteiger partial charge in [0.25, 0.3) is 0 Å². The third kappa shape index (κ3) is 4.67. The van der Waals surface area contributed by atoms with E-state index in [1.54, 1.807) is 0 Å². The Hall–Kier alpha value is -3.18. The molecule has 2 aliphatic heterocycles. The van der Waals surface area contributed by atoms with Gasteiger partial charge in [0.05, 0.1) is 8.07 Å². The summed E-state index contributed by atoms with van der Waals surface area (Å²) in [6.07, 6.45) is 4.93. The number of fused-ring (bicyclic) bond motifs is 2. The van der Waals surface area contributed by atoms with Crippen LogP contribution in [0.1, 0.15) is 74.4 Å². The highest BCUT2D eigenvalue weighted by atomic mass is 28.3. The van der Waals surface area contributed by atoms with Crippen LogP contribution in [-0.4, -0.2) is 32.2 Å². The molecule has 4 heterocycles. The Morgan fingerprint density at radius 1 is 0.556 bits per heavy atom. The van der Waals surface area contributed by atoms with E-state index in [9.17, 15) is 0 Å². The molecule has 0 amide bonds. The molecule has 4 fully saturated rings. The Bertz CT molecular complexity index is 1510. The van der Waals surface area contributed by atoms with Crippen LogP contribution in [0.2, 0.25) is 24.2 Å². The fourth-order valence-electron chi connectivity index (χ4n) is 11.5. The van der Waals surface area contributed by atoms with E-state index in [2.05, 4.69) is 136 Å². The molecular weight excluding hydrogens is 569 g/mol. The molecule has 10 unspecified atom stereocenters. The molecule has 4 aromatic rings. The molecule has 2 saturated carbocycles. The van der Waals surface area contributed by atoms with E-state index in [4.69, 9.17) is 8.83 Å². The van der Waals surface area contributed by atoms with Gasteiger partial charge in [0, 0.05) is 47.4 Å². The highest BCUT2D eigenvalue weighted by Gasteiger charge is 2.64. The second-order valence-corrected chi connectivity index (χ2v) is 20.5. The summed E-state index contributed by atoms with van der Waals surface area (Å²) >= 11 is 0. The minimum atomic E-state index is -1.98. The van der Waals surface area contributed by atoms with Crippen molar-refractivity contribution >= 4 is 19.4 Å². The van der Waals surface area contributed by atoms with Gasteiger partial charge in [-0.3, -0.25) is 0 Å². The number of benzene rings is 2. The maximum Gasteiger partial charge on any atom is 0.107 e. The molecule has 8 rings (SSSR count). The van der Waals surface area contributed by atoms with E-state index in [-0.39, 0.29) is 0 Å². The van der Waals surface area contributed by atoms with Crippen molar-refractivity contribution in [3.05, 3.63) is 108 Å². The number of para-hydroxylation sites is 2. The number of hydrogen-bond acceptors (Lipinski definition) is 4. The number of nitrogens with zero attached hydrogens (tertiary/aromatic N) is 2. The van der Waals surface area contributed by atoms with Crippen LogP contribution in [-0.2, 0) is 0 Å². The lowest BCUT2D eigenvalue weighted by Gasteiger charge is -2.45. The molecule has 2 aromatic carbocycles. The van der Waals surface area contributed by atoms with Gasteiger partial charge < -0.3 is 18.6 Å². The zero-order chi connectivity index (χ0) is 31.0. The summed E-state index contributed by atoms with van der Waals surface area (Å²) < 4.78 is 13.1. The van der Waals surface area contributed by atoms with Crippen LogP contribution in [0.25, 0.3) is 0 Å². The largest absolute Gasteiger partial charge is 0.466 e. The van der Waals surface area contributed by atoms with E-state index in [0.29, 0.717) is 58.9 Å². The molecular formula is C40H50N2O2Si. The Morgan fingerprint density at radius 3 is 1.31 bits per heavy atom. The van der Waals surface area contributed by atoms with Crippen molar-refractivity contribution in [2.45, 2.75) is 114 Å². The lowest BCUT2D eigenvalue weighted by molar-refractivity contribution is 0.401. The van der Waals surface area contributed by atoms with Crippen molar-refractivity contribution in [3.63, 3.8) is 0 Å². The molecule has 4 aliphatic rings. The van der Waals surface area contributed by atoms with Gasteiger partial charge >= 0.3 is 0 Å². The van der Waals surface area contributed by atoms with Gasteiger partial charge in [0.15, 0.2) is 0 Å². The standard InChI is InChI=1S/C40H50N2O2Si/c1-25-21-31-35(41(25)29-13-9-7-10-14-29)23-33(37-19-17-27(3)43-37)39(31)45(5,6)40-32-22-26(2)42(30-15-11-8-12-16-30)36(32)24-34(40)38-20-18-28(4)44-38/h7-20,25-26,31-36,39-40H,21-24H2,1-6H3. The zero-order valence-corrected chi connectivity index (χ0v) is 28.9. The van der Waals surface area contributed by atoms with Crippen LogP contribution in [0.5, 0.6) is 0 Å². The van der Waals surface area contributed by atoms with Crippen molar-refractivity contribution in [1.82, 2.24) is 0 Å². The number of hydrogen-bond donors (Lipinski definition) is 0. The van der Waals surface area contributed by atoms with Gasteiger partial charge in [0.1, 0.15) is 23.0 Å². The van der Waals surface area contributed by atoms with Crippen LogP contribution in [0.4, 0.5) is 11.4 Å². The first-order valence-electron chi connectivity index (χ1n) is 17.5. The molecule has 10 atom stereocenters. The average Bonchev–Trinajstić information content (AvgIpc) is 3.85. The van der Waals surface area contributed by atoms with E-state index in [1.807, 2.05) is 0 Å². The van der Waals surface area contributed by atoms with Gasteiger partial charge in [-0.15, -0.1) is 0 Å². The lowest BCUT2D eigenvalue weighted by Crippen LogP contribution is -2.46. The molecule has 2 saturated heterocycles. The highest BCUT2D eigenvalue weighted by molar-refractivity contribution is 6.80. The molecule has 0 N–H and O–H groups in total. The van der Waals surface area contributed by atoms with E-state index >= 15 is 0 Å². The number of furan rings is 2. The van der Waals surface area contributed by atoms with Crippen LogP contribution in [0.15, 0.2) is 93.8 Å². The lowest BCUT2D eigenvalue weighted by atomic mass is 9.96. The number of rotatable bonds is 6. The summed E-state index contributed by atoms with van der Waals surface area (Å²) in [6.45, 7) is 14.7. The Labute approximate surface area is 270 Å². The molecule has 5 heteroatoms. The van der Waals surface area contributed by atoms with Crippen LogP contribution in [0, 0.1) is 25.7 Å². The first-order valence-corrected chi connectivity index (χ1v) is 20.7. The minimum absolute atomic E-state index is 0.469. The van der Waals surface area contributed by atoms with Gasteiger partial charge in [0.2, 0.25) is 0 Å². The van der Waals surface area contributed by atoms with Crippen LogP contribution >= 0.6 is 0 Å². The maximum absolute atomic E-state index is 6.56. The first kappa shape index (κ1) is 29.2. The van der Waals surface area contributed by atoms with E-state index in [1.165, 1.54) is 48.6 Å². The molecule has 4 nitrogen and oxygen atoms in total. The number of anilines is 2. The second kappa shape index (κ2) is 11.0. The van der Waals surface area contributed by atoms with Gasteiger partial charge in [-0.1, -0.05) is 49.5 Å². The topological polar surface area (TPSA) is 32.8 Å². The molecule has 45 heavy (non-hydrogen) atoms. The van der Waals surface area contributed by atoms with Crippen LogP contribution < -0.4 is 9.80 Å². The summed E-state index contributed by atoms with van der Waals surface area (Å²) in [7, 11) is -1.98. The Balaban J connectivity index is 1.22. The predicted molar refractivity (Wildman–Crippen MR) is 187 cm³/mol. The third-order valence-electron chi connectivity index (χ3n) is 12.7. The summed E-state index contributed by atoms with van der Waals surface area (Å²) in [4.78, 5) is 5.58. The molecule has 2 aromatic heterocycles. The fraction of sp³-hybridized carbons (Fsp3) is 0.500. The van der Waals surface area contributed by atoms with Crippen LogP contribution in [0.3, 0.4) is 0 Å². The minimum Gasteiger partial charge on any atom is -0.466 e. The smallest absolute Gasteiger partial charge is 0.107 e. The predicted octanol–water partition coefficient (Wildman–Crippen LogP) is 10.2. The SMILES string of the molecule is Cc1ccc(C2CC3C(CC(C)N3c3ccccc3)C2[Si](C)(C)C2C(c3ccc(C)o3)CC3C2CC(C)N3c2ccccc2)o1. The third-order valence-corrected chi connectivity index (χ3v) is 17.8. The maximum atomic E-state index is 6.56. The Morgan fingerprint density at radius 2 is 0.956 bits per heavy atom. The first-order chi connectivity index (χ1) is 21.7. The van der Waals surface area contributed by atoms with E-state index in [0.717, 1.165) is 11.5 Å². The summed E-state index contributed by atoms with van der Waals surface area (Å²) in [5.74, 6) is 6.85. The summed E-state index contributed by atoms with van der Waals surface area (Å²) in [6, 6.07) is 33.7. The quantitative estimate of drug-likeness (QED) is 0.201. The van der Waals surface area contributed by atoms with Gasteiger partial charge in [-0.2, -0.15) is 0 Å². The zero-order valence-electron chi connectivity index (χ0n) is 27.9. The van der Waals surface area contributed by atoms with Gasteiger partial charge in [-0.05, 0) is 125 Å². The van der Waals surface area contributed by atoms with Gasteiger partial charge in [-0.25, -0.2) is 0 Å². The molecule has 0 bridgehead atoms. The molecule has 0 spiro atoms. The Kier molecular flexibility index (Phi) is 7.12. The van der Waals surface area contributed by atoms with E-state index < -0.39 is 8.07 Å². The summed E-state index contributed by atoms with van der Waals surface area (Å²) in [5.41, 5.74) is 4.10. The highest BCUT2D eigenvalue weighted by Crippen LogP contribution is 2.67. The second-order valence-electron chi connectivity index (χ2n) is 15.6. The average molecular weight is 619 g/mol. The van der Waals surface area contributed by atoms with Crippen molar-refractivity contribution in [2.24, 2.45) is 11.8 Å². The number of aryl methyl sites for hydroxylation is 2. The van der Waals surface area contributed by atoms with Crippen molar-refractivity contribution < 1.29 is 8.83 Å². The fourth-order valence-corrected chi connectivity index (χ4v) is 17.5. The van der Waals surface area contributed by atoms with Crippen molar-refractivity contribution in [2.75, 3.05) is 9.80 Å². The summed E-state index contributed by atoms with van der Waals surface area (Å²) in [5, 5.41) is 0. The molecule has 236 valence electrons. The normalized spacial score (nSPS) is 34.4. The van der Waals surface area contributed by atoms with Crippen molar-refractivity contribution in [1.29, 1.82) is 0 Å². The molecule has 2 aliphatic carbocycles.